The Labute approximate surface area is 188 Å². The molecule has 1 aliphatic heterocycles. The van der Waals surface area contributed by atoms with E-state index in [2.05, 4.69) is 15.3 Å². The number of fused-ring (bicyclic) bond motifs is 1. The Bertz CT molecular complexity index is 975. The molecule has 1 saturated carbocycles. The van der Waals surface area contributed by atoms with Crippen LogP contribution in [0.25, 0.3) is 5.69 Å². The zero-order valence-corrected chi connectivity index (χ0v) is 18.6. The summed E-state index contributed by atoms with van der Waals surface area (Å²) >= 11 is 0. The third kappa shape index (κ3) is 4.45. The molecule has 2 heterocycles. The third-order valence-corrected chi connectivity index (χ3v) is 7.46. The summed E-state index contributed by atoms with van der Waals surface area (Å²) in [6.07, 6.45) is 11.3. The van der Waals surface area contributed by atoms with Crippen LogP contribution in [0.3, 0.4) is 0 Å². The van der Waals surface area contributed by atoms with Crippen molar-refractivity contribution in [1.29, 1.82) is 0 Å². The molecule has 172 valence electrons. The van der Waals surface area contributed by atoms with Gasteiger partial charge in [0.25, 0.3) is 5.91 Å². The second kappa shape index (κ2) is 9.30. The molecule has 0 radical (unpaired) electrons. The molecule has 3 aliphatic rings. The summed E-state index contributed by atoms with van der Waals surface area (Å²) < 4.78 is 28.8. The van der Waals surface area contributed by atoms with E-state index < -0.39 is 11.6 Å². The number of aromatic nitrogens is 2. The van der Waals surface area contributed by atoms with Gasteiger partial charge in [-0.3, -0.25) is 4.79 Å². The molecule has 2 fully saturated rings. The van der Waals surface area contributed by atoms with Gasteiger partial charge in [-0.1, -0.05) is 19.3 Å². The highest BCUT2D eigenvalue weighted by Crippen LogP contribution is 2.29. The quantitative estimate of drug-likeness (QED) is 0.746. The molecule has 1 aromatic heterocycles. The first-order valence-corrected chi connectivity index (χ1v) is 12.2. The van der Waals surface area contributed by atoms with E-state index in [1.54, 1.807) is 4.68 Å². The first-order valence-electron chi connectivity index (χ1n) is 12.2. The van der Waals surface area contributed by atoms with E-state index in [1.165, 1.54) is 44.7 Å². The number of amides is 1. The van der Waals surface area contributed by atoms with Crippen molar-refractivity contribution in [3.63, 3.8) is 0 Å². The highest BCUT2D eigenvalue weighted by atomic mass is 19.2. The molecule has 1 aromatic carbocycles. The number of carbonyl (C=O) groups excluding carboxylic acids is 1. The van der Waals surface area contributed by atoms with Crippen LogP contribution in [-0.4, -0.2) is 46.3 Å². The lowest BCUT2D eigenvalue weighted by Gasteiger charge is -2.35. The van der Waals surface area contributed by atoms with E-state index in [0.717, 1.165) is 74.5 Å². The molecule has 0 spiro atoms. The Kier molecular flexibility index (Phi) is 6.26. The number of hydrogen-bond acceptors (Lipinski definition) is 3. The van der Waals surface area contributed by atoms with Crippen LogP contribution in [0.5, 0.6) is 0 Å². The van der Waals surface area contributed by atoms with Gasteiger partial charge in [0, 0.05) is 43.0 Å². The molecule has 1 saturated heterocycles. The smallest absolute Gasteiger partial charge is 0.272 e. The van der Waals surface area contributed by atoms with E-state index in [-0.39, 0.29) is 11.9 Å². The molecule has 7 heteroatoms. The molecule has 0 atom stereocenters. The molecule has 2 aliphatic carbocycles. The number of hydrogen-bond donors (Lipinski definition) is 1. The van der Waals surface area contributed by atoms with Gasteiger partial charge in [-0.25, -0.2) is 13.5 Å². The molecule has 5 nitrogen and oxygen atoms in total. The van der Waals surface area contributed by atoms with E-state index in [0.29, 0.717) is 11.4 Å². The summed E-state index contributed by atoms with van der Waals surface area (Å²) in [7, 11) is 0. The van der Waals surface area contributed by atoms with Gasteiger partial charge in [0.15, 0.2) is 17.3 Å². The second-order valence-corrected chi connectivity index (χ2v) is 9.69. The lowest BCUT2D eigenvalue weighted by molar-refractivity contribution is 0.0895. The Hall–Kier alpha value is -2.28. The Morgan fingerprint density at radius 1 is 1.00 bits per heavy atom. The maximum atomic E-state index is 13.8. The van der Waals surface area contributed by atoms with Crippen LogP contribution in [0.15, 0.2) is 18.2 Å². The molecule has 0 unspecified atom stereocenters. The number of piperidine rings is 1. The van der Waals surface area contributed by atoms with Crippen LogP contribution in [0.1, 0.15) is 73.1 Å². The van der Waals surface area contributed by atoms with Gasteiger partial charge in [-0.2, -0.15) is 5.10 Å². The third-order valence-electron chi connectivity index (χ3n) is 7.46. The minimum atomic E-state index is -0.907. The monoisotopic (exact) mass is 442 g/mol. The summed E-state index contributed by atoms with van der Waals surface area (Å²) in [6.45, 7) is 3.26. The first-order chi connectivity index (χ1) is 15.6. The SMILES string of the molecule is O=C(NC1CCN(CC2CCCCC2)CC1)c1nn(-c2ccc(F)c(F)c2)c2c1CCC2. The average Bonchev–Trinajstić information content (AvgIpc) is 3.41. The van der Waals surface area contributed by atoms with Crippen molar-refractivity contribution < 1.29 is 13.6 Å². The molecule has 32 heavy (non-hydrogen) atoms. The van der Waals surface area contributed by atoms with Gasteiger partial charge in [-0.15, -0.1) is 0 Å². The maximum Gasteiger partial charge on any atom is 0.272 e. The zero-order valence-electron chi connectivity index (χ0n) is 18.6. The topological polar surface area (TPSA) is 50.2 Å². The number of nitrogens with zero attached hydrogens (tertiary/aromatic N) is 3. The molecule has 1 N–H and O–H groups in total. The zero-order chi connectivity index (χ0) is 22.1. The van der Waals surface area contributed by atoms with Crippen LogP contribution in [0.2, 0.25) is 0 Å². The van der Waals surface area contributed by atoms with Crippen LogP contribution in [-0.2, 0) is 12.8 Å². The fraction of sp³-hybridized carbons (Fsp3) is 0.600. The van der Waals surface area contributed by atoms with Crippen molar-refractivity contribution in [3.8, 4) is 5.69 Å². The summed E-state index contributed by atoms with van der Waals surface area (Å²) in [5.74, 6) is -1.09. The molecule has 1 amide bonds. The van der Waals surface area contributed by atoms with Crippen LogP contribution >= 0.6 is 0 Å². The molecular weight excluding hydrogens is 410 g/mol. The highest BCUT2D eigenvalue weighted by Gasteiger charge is 2.29. The lowest BCUT2D eigenvalue weighted by atomic mass is 9.88. The largest absolute Gasteiger partial charge is 0.348 e. The van der Waals surface area contributed by atoms with Crippen LogP contribution in [0.4, 0.5) is 8.78 Å². The van der Waals surface area contributed by atoms with Gasteiger partial charge in [0.1, 0.15) is 0 Å². The fourth-order valence-corrected chi connectivity index (χ4v) is 5.70. The van der Waals surface area contributed by atoms with Crippen molar-refractivity contribution in [3.05, 3.63) is 46.8 Å². The minimum absolute atomic E-state index is 0.143. The summed E-state index contributed by atoms with van der Waals surface area (Å²) in [5.41, 5.74) is 2.77. The number of benzene rings is 1. The summed E-state index contributed by atoms with van der Waals surface area (Å²) in [6, 6.07) is 3.92. The van der Waals surface area contributed by atoms with Gasteiger partial charge in [0.2, 0.25) is 0 Å². The van der Waals surface area contributed by atoms with Gasteiger partial charge in [0.05, 0.1) is 5.69 Å². The van der Waals surface area contributed by atoms with Crippen LogP contribution in [0, 0.1) is 17.6 Å². The normalized spacial score (nSPS) is 20.4. The number of rotatable bonds is 5. The maximum absolute atomic E-state index is 13.8. The van der Waals surface area contributed by atoms with Crippen molar-refractivity contribution in [2.45, 2.75) is 70.3 Å². The standard InChI is InChI=1S/C25H32F2N4O/c26-21-10-9-19(15-22(21)27)31-23-8-4-7-20(23)24(29-31)25(32)28-18-11-13-30(14-12-18)16-17-5-2-1-3-6-17/h9-10,15,17-18H,1-8,11-14,16H2,(H,28,32). The van der Waals surface area contributed by atoms with Crippen molar-refractivity contribution in [1.82, 2.24) is 20.0 Å². The highest BCUT2D eigenvalue weighted by molar-refractivity contribution is 5.94. The van der Waals surface area contributed by atoms with E-state index in [4.69, 9.17) is 0 Å². The molecule has 5 rings (SSSR count). The fourth-order valence-electron chi connectivity index (χ4n) is 5.70. The summed E-state index contributed by atoms with van der Waals surface area (Å²) in [4.78, 5) is 15.7. The van der Waals surface area contributed by atoms with Gasteiger partial charge < -0.3 is 10.2 Å². The van der Waals surface area contributed by atoms with E-state index >= 15 is 0 Å². The Morgan fingerprint density at radius 3 is 2.53 bits per heavy atom. The average molecular weight is 443 g/mol. The number of halogens is 2. The molecule has 2 aromatic rings. The molecular formula is C25H32F2N4O. The van der Waals surface area contributed by atoms with E-state index in [1.807, 2.05) is 0 Å². The second-order valence-electron chi connectivity index (χ2n) is 9.69. The van der Waals surface area contributed by atoms with Crippen LogP contribution < -0.4 is 5.32 Å². The Morgan fingerprint density at radius 2 is 1.78 bits per heavy atom. The van der Waals surface area contributed by atoms with Gasteiger partial charge in [-0.05, 0) is 63.0 Å². The van der Waals surface area contributed by atoms with Crippen molar-refractivity contribution in [2.75, 3.05) is 19.6 Å². The lowest BCUT2D eigenvalue weighted by Crippen LogP contribution is -2.46. The van der Waals surface area contributed by atoms with Crippen molar-refractivity contribution in [2.24, 2.45) is 5.92 Å². The molecule has 0 bridgehead atoms. The van der Waals surface area contributed by atoms with Gasteiger partial charge >= 0.3 is 0 Å². The van der Waals surface area contributed by atoms with Crippen molar-refractivity contribution >= 4 is 5.91 Å². The van der Waals surface area contributed by atoms with E-state index in [9.17, 15) is 13.6 Å². The Balaban J connectivity index is 1.23. The minimum Gasteiger partial charge on any atom is -0.348 e. The number of nitrogens with one attached hydrogen (secondary N) is 1. The first kappa shape index (κ1) is 21.6. The number of likely N-dealkylation sites (tertiary alicyclic amines) is 1. The predicted molar refractivity (Wildman–Crippen MR) is 119 cm³/mol. The summed E-state index contributed by atoms with van der Waals surface area (Å²) in [5, 5.41) is 7.73. The number of carbonyl (C=O) groups is 1. The predicted octanol–water partition coefficient (Wildman–Crippen LogP) is 4.41.